The molecule has 1 heterocycles. The van der Waals surface area contributed by atoms with Crippen molar-refractivity contribution in [1.82, 2.24) is 9.97 Å². The summed E-state index contributed by atoms with van der Waals surface area (Å²) in [5, 5.41) is 4.94. The van der Waals surface area contributed by atoms with Crippen molar-refractivity contribution in [2.45, 2.75) is 31.6 Å². The molecule has 0 fully saturated rings. The smallest absolute Gasteiger partial charge is 0.161 e. The van der Waals surface area contributed by atoms with Gasteiger partial charge in [-0.05, 0) is 108 Å². The van der Waals surface area contributed by atoms with E-state index in [4.69, 9.17) is 9.97 Å². The maximum Gasteiger partial charge on any atom is 0.161 e. The third kappa shape index (κ3) is 5.22. The lowest BCUT2D eigenvalue weighted by molar-refractivity contribution is 0.666. The second kappa shape index (κ2) is 13.3. The van der Waals surface area contributed by atoms with Crippen LogP contribution in [0.2, 0.25) is 0 Å². The van der Waals surface area contributed by atoms with Crippen LogP contribution >= 0.6 is 0 Å². The molecule has 0 amide bonds. The van der Waals surface area contributed by atoms with E-state index in [1.165, 1.54) is 77.4 Å². The Bertz CT molecular complexity index is 3400. The molecule has 1 atom stereocenters. The van der Waals surface area contributed by atoms with E-state index in [1.807, 2.05) is 0 Å². The minimum Gasteiger partial charge on any atom is -0.228 e. The Morgan fingerprint density at radius 1 is 0.361 bits per heavy atom. The molecule has 9 aromatic carbocycles. The monoisotopic (exact) mass is 778 g/mol. The van der Waals surface area contributed by atoms with Gasteiger partial charge >= 0.3 is 0 Å². The van der Waals surface area contributed by atoms with E-state index in [-0.39, 0.29) is 10.8 Å². The largest absolute Gasteiger partial charge is 0.228 e. The number of benzene rings is 9. The topological polar surface area (TPSA) is 25.8 Å². The summed E-state index contributed by atoms with van der Waals surface area (Å²) in [6.07, 6.45) is 0. The van der Waals surface area contributed by atoms with Crippen molar-refractivity contribution in [2.75, 3.05) is 0 Å². The molecule has 0 saturated carbocycles. The Labute approximate surface area is 356 Å². The van der Waals surface area contributed by atoms with E-state index in [1.54, 1.807) is 0 Å². The van der Waals surface area contributed by atoms with Crippen molar-refractivity contribution >= 4 is 21.5 Å². The molecule has 1 aromatic heterocycles. The summed E-state index contributed by atoms with van der Waals surface area (Å²) in [5.41, 5.74) is 18.8. The normalized spacial score (nSPS) is 15.7. The second-order valence-corrected chi connectivity index (χ2v) is 17.4. The van der Waals surface area contributed by atoms with Crippen LogP contribution in [0.5, 0.6) is 0 Å². The Balaban J connectivity index is 1.04. The fraction of sp³-hybridized carbons (Fsp3) is 0.0847. The van der Waals surface area contributed by atoms with Gasteiger partial charge in [0, 0.05) is 27.5 Å². The zero-order chi connectivity index (χ0) is 40.9. The average Bonchev–Trinajstić information content (AvgIpc) is 3.73. The van der Waals surface area contributed by atoms with Crippen LogP contribution in [-0.4, -0.2) is 9.97 Å². The minimum absolute atomic E-state index is 0.101. The van der Waals surface area contributed by atoms with Crippen LogP contribution in [0.3, 0.4) is 0 Å². The van der Waals surface area contributed by atoms with Crippen molar-refractivity contribution in [3.63, 3.8) is 0 Å². The molecule has 12 rings (SSSR count). The van der Waals surface area contributed by atoms with Crippen LogP contribution in [0.25, 0.3) is 88.8 Å². The molecule has 61 heavy (non-hydrogen) atoms. The zero-order valence-electron chi connectivity index (χ0n) is 34.4. The summed E-state index contributed by atoms with van der Waals surface area (Å²) in [7, 11) is 0. The van der Waals surface area contributed by atoms with Crippen LogP contribution in [0.4, 0.5) is 0 Å². The van der Waals surface area contributed by atoms with Crippen molar-refractivity contribution in [3.05, 3.63) is 228 Å². The highest BCUT2D eigenvalue weighted by atomic mass is 14.9. The summed E-state index contributed by atoms with van der Waals surface area (Å²) < 4.78 is 0. The van der Waals surface area contributed by atoms with Crippen molar-refractivity contribution in [2.24, 2.45) is 0 Å². The molecule has 0 saturated heterocycles. The Morgan fingerprint density at radius 3 is 1.80 bits per heavy atom. The van der Waals surface area contributed by atoms with E-state index < -0.39 is 0 Å². The first-order valence-electron chi connectivity index (χ1n) is 21.3. The number of rotatable bonds is 5. The molecule has 0 spiro atoms. The van der Waals surface area contributed by atoms with Gasteiger partial charge in [-0.15, -0.1) is 0 Å². The highest BCUT2D eigenvalue weighted by molar-refractivity contribution is 6.06. The second-order valence-electron chi connectivity index (χ2n) is 17.4. The molecular formula is C59H42N2. The molecule has 0 N–H and O–H groups in total. The molecule has 1 unspecified atom stereocenters. The number of hydrogen-bond acceptors (Lipinski definition) is 2. The lowest BCUT2D eigenvalue weighted by Crippen LogP contribution is -2.22. The first-order valence-corrected chi connectivity index (χ1v) is 21.3. The molecular weight excluding hydrogens is 737 g/mol. The van der Waals surface area contributed by atoms with Crippen LogP contribution in [0.15, 0.2) is 200 Å². The third-order valence-electron chi connectivity index (χ3n) is 13.8. The summed E-state index contributed by atoms with van der Waals surface area (Å²) in [6, 6.07) is 73.0. The van der Waals surface area contributed by atoms with Gasteiger partial charge < -0.3 is 0 Å². The zero-order valence-corrected chi connectivity index (χ0v) is 34.4. The Kier molecular flexibility index (Phi) is 7.74. The Hall–Kier alpha value is -7.42. The summed E-state index contributed by atoms with van der Waals surface area (Å²) >= 11 is 0. The fourth-order valence-electron chi connectivity index (χ4n) is 10.8. The van der Waals surface area contributed by atoms with Crippen LogP contribution < -0.4 is 0 Å². The summed E-state index contributed by atoms with van der Waals surface area (Å²) in [5.74, 6) is 0.713. The molecule has 2 heteroatoms. The van der Waals surface area contributed by atoms with Crippen LogP contribution in [0.1, 0.15) is 48.6 Å². The minimum atomic E-state index is -0.309. The van der Waals surface area contributed by atoms with Crippen molar-refractivity contribution in [3.8, 4) is 67.3 Å². The van der Waals surface area contributed by atoms with E-state index in [9.17, 15) is 0 Å². The Morgan fingerprint density at radius 2 is 0.984 bits per heavy atom. The first-order chi connectivity index (χ1) is 29.9. The molecule has 0 aliphatic heterocycles. The maximum absolute atomic E-state index is 5.52. The molecule has 2 aliphatic carbocycles. The van der Waals surface area contributed by atoms with Gasteiger partial charge in [0.25, 0.3) is 0 Å². The van der Waals surface area contributed by atoms with Crippen LogP contribution in [-0.2, 0) is 10.8 Å². The lowest BCUT2D eigenvalue weighted by Gasteiger charge is -2.28. The predicted molar refractivity (Wildman–Crippen MR) is 254 cm³/mol. The van der Waals surface area contributed by atoms with Gasteiger partial charge in [-0.2, -0.15) is 0 Å². The van der Waals surface area contributed by atoms with E-state index >= 15 is 0 Å². The quantitative estimate of drug-likeness (QED) is 0.174. The highest BCUT2D eigenvalue weighted by Gasteiger charge is 2.42. The van der Waals surface area contributed by atoms with Gasteiger partial charge in [0.1, 0.15) is 0 Å². The van der Waals surface area contributed by atoms with Gasteiger partial charge in [0.2, 0.25) is 0 Å². The number of hydrogen-bond donors (Lipinski definition) is 0. The first kappa shape index (κ1) is 35.5. The van der Waals surface area contributed by atoms with E-state index in [0.29, 0.717) is 5.82 Å². The molecule has 0 bridgehead atoms. The number of fused-ring (bicyclic) bond motifs is 9. The summed E-state index contributed by atoms with van der Waals surface area (Å²) in [6.45, 7) is 7.11. The molecule has 2 aliphatic rings. The average molecular weight is 779 g/mol. The van der Waals surface area contributed by atoms with Gasteiger partial charge in [0.05, 0.1) is 11.4 Å². The lowest BCUT2D eigenvalue weighted by atomic mass is 9.74. The molecule has 10 aromatic rings. The van der Waals surface area contributed by atoms with Gasteiger partial charge in [0.15, 0.2) is 5.82 Å². The summed E-state index contributed by atoms with van der Waals surface area (Å²) in [4.78, 5) is 10.9. The molecule has 2 nitrogen and oxygen atoms in total. The van der Waals surface area contributed by atoms with E-state index in [2.05, 4.69) is 221 Å². The number of nitrogens with zero attached hydrogens (tertiary/aromatic N) is 2. The number of aromatic nitrogens is 2. The highest BCUT2D eigenvalue weighted by Crippen LogP contribution is 2.56. The fourth-order valence-corrected chi connectivity index (χ4v) is 10.8. The molecule has 0 radical (unpaired) electrons. The molecule has 288 valence electrons. The third-order valence-corrected chi connectivity index (χ3v) is 13.8. The van der Waals surface area contributed by atoms with Gasteiger partial charge in [-0.1, -0.05) is 196 Å². The van der Waals surface area contributed by atoms with Gasteiger partial charge in [-0.25, -0.2) is 9.97 Å². The maximum atomic E-state index is 5.52. The van der Waals surface area contributed by atoms with Gasteiger partial charge in [-0.3, -0.25) is 0 Å². The van der Waals surface area contributed by atoms with Crippen molar-refractivity contribution in [1.29, 1.82) is 0 Å². The SMILES string of the molecule is CC1(C)c2ccc(-c3ccc(-c4nc(-c5ccccc5)cc(-c5cccc6c5-c5ccccc5C6(C)c5ccccc5)n4)c4ccccc34)cc2-c2ccc3ccccc3c21. The van der Waals surface area contributed by atoms with E-state index in [0.717, 1.165) is 33.5 Å². The van der Waals surface area contributed by atoms with Crippen molar-refractivity contribution < 1.29 is 0 Å². The standard InChI is InChI=1S/C59H42N2/c1-58(2)50-34-30-39(35-49(50)45-31-29-37-17-10-11-22-42(37)56(45)58)41-32-33-46(44-24-13-12-23-43(41)44)57-60-53(38-18-6-4-7-19-38)36-54(61-57)48-26-16-28-52-55(48)47-25-14-15-27-51(47)59(52,3)40-20-8-5-9-21-40/h4-36H,1-3H3. The van der Waals surface area contributed by atoms with Crippen LogP contribution in [0, 0.1) is 0 Å². The predicted octanol–water partition coefficient (Wildman–Crippen LogP) is 15.1.